The van der Waals surface area contributed by atoms with E-state index in [0.29, 0.717) is 23.2 Å². The summed E-state index contributed by atoms with van der Waals surface area (Å²) in [5.74, 6) is 1.68. The SMILES string of the molecule is COc1ccc2nc(CNC(=O)c3sc(C(C)C)nc3C)[nH]c2c1. The summed E-state index contributed by atoms with van der Waals surface area (Å²) in [6, 6.07) is 5.63. The van der Waals surface area contributed by atoms with Crippen LogP contribution in [0.2, 0.25) is 0 Å². The standard InChI is InChI=1S/C17H20N4O2S/c1-9(2)17-19-10(3)15(24-17)16(22)18-8-14-20-12-6-5-11(23-4)7-13(12)21-14/h5-7,9H,8H2,1-4H3,(H,18,22)(H,20,21). The van der Waals surface area contributed by atoms with Crippen molar-refractivity contribution in [3.05, 3.63) is 39.6 Å². The lowest BCUT2D eigenvalue weighted by molar-refractivity contribution is 0.0953. The van der Waals surface area contributed by atoms with E-state index in [4.69, 9.17) is 4.74 Å². The van der Waals surface area contributed by atoms with Crippen molar-refractivity contribution in [1.29, 1.82) is 0 Å². The number of amides is 1. The molecule has 0 unspecified atom stereocenters. The van der Waals surface area contributed by atoms with Crippen LogP contribution in [0.4, 0.5) is 0 Å². The Morgan fingerprint density at radius 3 is 2.83 bits per heavy atom. The number of nitrogens with one attached hydrogen (secondary N) is 2. The van der Waals surface area contributed by atoms with Crippen molar-refractivity contribution in [3.8, 4) is 5.75 Å². The number of aryl methyl sites for hydroxylation is 1. The van der Waals surface area contributed by atoms with Crippen LogP contribution in [0, 0.1) is 6.92 Å². The summed E-state index contributed by atoms with van der Waals surface area (Å²) in [7, 11) is 1.63. The van der Waals surface area contributed by atoms with Gasteiger partial charge in [-0.3, -0.25) is 4.79 Å². The van der Waals surface area contributed by atoms with E-state index in [9.17, 15) is 4.79 Å². The molecule has 0 aliphatic rings. The van der Waals surface area contributed by atoms with Gasteiger partial charge >= 0.3 is 0 Å². The van der Waals surface area contributed by atoms with Gasteiger partial charge in [0.1, 0.15) is 16.5 Å². The lowest BCUT2D eigenvalue weighted by atomic mass is 10.2. The highest BCUT2D eigenvalue weighted by atomic mass is 32.1. The summed E-state index contributed by atoms with van der Waals surface area (Å²) in [6.07, 6.45) is 0. The van der Waals surface area contributed by atoms with Gasteiger partial charge in [-0.2, -0.15) is 0 Å². The average Bonchev–Trinajstić information content (AvgIpc) is 3.14. The number of H-pyrrole nitrogens is 1. The molecular weight excluding hydrogens is 324 g/mol. The number of carbonyl (C=O) groups is 1. The van der Waals surface area contributed by atoms with Gasteiger partial charge in [0.25, 0.3) is 5.91 Å². The fourth-order valence-corrected chi connectivity index (χ4v) is 3.36. The highest BCUT2D eigenvalue weighted by Gasteiger charge is 2.17. The van der Waals surface area contributed by atoms with Gasteiger partial charge in [0, 0.05) is 12.0 Å². The zero-order valence-electron chi connectivity index (χ0n) is 14.1. The topological polar surface area (TPSA) is 79.9 Å². The van der Waals surface area contributed by atoms with Crippen LogP contribution in [0.5, 0.6) is 5.75 Å². The normalized spacial score (nSPS) is 11.2. The van der Waals surface area contributed by atoms with Crippen LogP contribution in [0.1, 0.15) is 46.0 Å². The second kappa shape index (κ2) is 6.60. The van der Waals surface area contributed by atoms with Crippen LogP contribution < -0.4 is 10.1 Å². The molecule has 7 heteroatoms. The van der Waals surface area contributed by atoms with E-state index in [0.717, 1.165) is 27.5 Å². The van der Waals surface area contributed by atoms with Gasteiger partial charge in [-0.15, -0.1) is 11.3 Å². The molecule has 2 aromatic heterocycles. The van der Waals surface area contributed by atoms with Crippen LogP contribution in [-0.4, -0.2) is 28.0 Å². The van der Waals surface area contributed by atoms with Crippen molar-refractivity contribution in [2.75, 3.05) is 7.11 Å². The second-order valence-corrected chi connectivity index (χ2v) is 6.90. The van der Waals surface area contributed by atoms with Crippen LogP contribution in [0.25, 0.3) is 11.0 Å². The number of hydrogen-bond acceptors (Lipinski definition) is 5. The molecule has 0 radical (unpaired) electrons. The van der Waals surface area contributed by atoms with Gasteiger partial charge in [-0.1, -0.05) is 13.8 Å². The van der Waals surface area contributed by atoms with E-state index in [1.165, 1.54) is 11.3 Å². The summed E-state index contributed by atoms with van der Waals surface area (Å²) in [5.41, 5.74) is 2.50. The molecule has 0 aliphatic heterocycles. The van der Waals surface area contributed by atoms with Gasteiger partial charge in [0.2, 0.25) is 0 Å². The summed E-state index contributed by atoms with van der Waals surface area (Å²) in [6.45, 7) is 6.35. The fraction of sp³-hybridized carbons (Fsp3) is 0.353. The van der Waals surface area contributed by atoms with Crippen LogP contribution >= 0.6 is 11.3 Å². The molecule has 0 fully saturated rings. The molecule has 126 valence electrons. The van der Waals surface area contributed by atoms with E-state index in [-0.39, 0.29) is 5.91 Å². The predicted octanol–water partition coefficient (Wildman–Crippen LogP) is 3.39. The number of ether oxygens (including phenoxy) is 1. The van der Waals surface area contributed by atoms with Gasteiger partial charge in [0.05, 0.1) is 35.4 Å². The third kappa shape index (κ3) is 3.26. The number of fused-ring (bicyclic) bond motifs is 1. The maximum Gasteiger partial charge on any atom is 0.263 e. The molecule has 0 aliphatic carbocycles. The van der Waals surface area contributed by atoms with E-state index >= 15 is 0 Å². The Morgan fingerprint density at radius 1 is 1.38 bits per heavy atom. The Labute approximate surface area is 144 Å². The van der Waals surface area contributed by atoms with Crippen LogP contribution in [-0.2, 0) is 6.54 Å². The first-order valence-electron chi connectivity index (χ1n) is 7.76. The summed E-state index contributed by atoms with van der Waals surface area (Å²) in [5, 5.41) is 3.88. The fourth-order valence-electron chi connectivity index (χ4n) is 2.37. The average molecular weight is 344 g/mol. The number of aromatic nitrogens is 3. The first-order chi connectivity index (χ1) is 11.5. The van der Waals surface area contributed by atoms with E-state index in [1.807, 2.05) is 25.1 Å². The smallest absolute Gasteiger partial charge is 0.263 e. The minimum Gasteiger partial charge on any atom is -0.497 e. The Hall–Kier alpha value is -2.41. The van der Waals surface area contributed by atoms with Crippen LogP contribution in [0.15, 0.2) is 18.2 Å². The maximum absolute atomic E-state index is 12.4. The minimum atomic E-state index is -0.116. The summed E-state index contributed by atoms with van der Waals surface area (Å²) >= 11 is 1.45. The molecule has 1 amide bonds. The van der Waals surface area contributed by atoms with E-state index in [2.05, 4.69) is 34.1 Å². The molecule has 2 heterocycles. The number of methoxy groups -OCH3 is 1. The molecule has 24 heavy (non-hydrogen) atoms. The Kier molecular flexibility index (Phi) is 4.53. The molecule has 0 atom stereocenters. The zero-order valence-corrected chi connectivity index (χ0v) is 15.0. The highest BCUT2D eigenvalue weighted by Crippen LogP contribution is 2.24. The third-order valence-corrected chi connectivity index (χ3v) is 5.12. The molecule has 0 spiro atoms. The Balaban J connectivity index is 1.72. The van der Waals surface area contributed by atoms with E-state index in [1.54, 1.807) is 7.11 Å². The molecule has 0 bridgehead atoms. The largest absolute Gasteiger partial charge is 0.497 e. The van der Waals surface area contributed by atoms with E-state index < -0.39 is 0 Å². The predicted molar refractivity (Wildman–Crippen MR) is 94.8 cm³/mol. The third-order valence-electron chi connectivity index (χ3n) is 3.67. The summed E-state index contributed by atoms with van der Waals surface area (Å²) in [4.78, 5) is 25.2. The van der Waals surface area contributed by atoms with Crippen molar-refractivity contribution in [1.82, 2.24) is 20.3 Å². The second-order valence-electron chi connectivity index (χ2n) is 5.87. The number of aromatic amines is 1. The Bertz CT molecular complexity index is 882. The number of nitrogens with zero attached hydrogens (tertiary/aromatic N) is 2. The number of thiazole rings is 1. The van der Waals surface area contributed by atoms with Gasteiger partial charge in [-0.05, 0) is 19.1 Å². The molecular formula is C17H20N4O2S. The lowest BCUT2D eigenvalue weighted by Gasteiger charge is -2.01. The minimum absolute atomic E-state index is 0.116. The number of rotatable bonds is 5. The number of imidazole rings is 1. The van der Waals surface area contributed by atoms with Crippen molar-refractivity contribution in [2.45, 2.75) is 33.2 Å². The maximum atomic E-state index is 12.4. The zero-order chi connectivity index (χ0) is 17.3. The van der Waals surface area contributed by atoms with Crippen molar-refractivity contribution < 1.29 is 9.53 Å². The van der Waals surface area contributed by atoms with Gasteiger partial charge < -0.3 is 15.0 Å². The quantitative estimate of drug-likeness (QED) is 0.743. The number of hydrogen-bond donors (Lipinski definition) is 2. The monoisotopic (exact) mass is 344 g/mol. The van der Waals surface area contributed by atoms with Gasteiger partial charge in [-0.25, -0.2) is 9.97 Å². The van der Waals surface area contributed by atoms with Crippen LogP contribution in [0.3, 0.4) is 0 Å². The van der Waals surface area contributed by atoms with Crippen molar-refractivity contribution in [2.24, 2.45) is 0 Å². The first-order valence-corrected chi connectivity index (χ1v) is 8.57. The molecule has 0 saturated heterocycles. The summed E-state index contributed by atoms with van der Waals surface area (Å²) < 4.78 is 5.20. The molecule has 2 N–H and O–H groups in total. The number of carbonyl (C=O) groups excluding carboxylic acids is 1. The van der Waals surface area contributed by atoms with Crippen molar-refractivity contribution >= 4 is 28.3 Å². The first kappa shape index (κ1) is 16.4. The highest BCUT2D eigenvalue weighted by molar-refractivity contribution is 7.13. The number of benzene rings is 1. The van der Waals surface area contributed by atoms with Crippen molar-refractivity contribution in [3.63, 3.8) is 0 Å². The molecule has 1 aromatic carbocycles. The molecule has 0 saturated carbocycles. The Morgan fingerprint density at radius 2 is 2.17 bits per heavy atom. The van der Waals surface area contributed by atoms with Gasteiger partial charge in [0.15, 0.2) is 0 Å². The molecule has 3 rings (SSSR count). The lowest BCUT2D eigenvalue weighted by Crippen LogP contribution is -2.23. The molecule has 3 aromatic rings. The molecule has 6 nitrogen and oxygen atoms in total.